The molecule has 1 aromatic rings. The Morgan fingerprint density at radius 3 is 2.50 bits per heavy atom. The minimum absolute atomic E-state index is 0.206. The molecular weight excluding hydrogens is 320 g/mol. The summed E-state index contributed by atoms with van der Waals surface area (Å²) in [6.07, 6.45) is 0. The number of nitrogens with one attached hydrogen (secondary N) is 1. The first-order chi connectivity index (χ1) is 7.54. The largest absolute Gasteiger partial charge is 0.372 e. The molecule has 0 aromatic heterocycles. The van der Waals surface area contributed by atoms with Crippen LogP contribution in [0.15, 0.2) is 18.2 Å². The highest BCUT2D eigenvalue weighted by atomic mass is 127. The van der Waals surface area contributed by atoms with Gasteiger partial charge in [0.1, 0.15) is 5.82 Å². The third kappa shape index (κ3) is 3.79. The van der Waals surface area contributed by atoms with Crippen LogP contribution in [0.3, 0.4) is 0 Å². The second-order valence-electron chi connectivity index (χ2n) is 3.98. The van der Waals surface area contributed by atoms with Crippen molar-refractivity contribution in [3.8, 4) is 0 Å². The molecule has 0 aliphatic rings. The van der Waals surface area contributed by atoms with Crippen LogP contribution in [0.4, 0.5) is 15.8 Å². The smallest absolute Gasteiger partial charge is 0.125 e. The number of anilines is 2. The van der Waals surface area contributed by atoms with E-state index in [9.17, 15) is 4.39 Å². The van der Waals surface area contributed by atoms with E-state index >= 15 is 0 Å². The van der Waals surface area contributed by atoms with Crippen LogP contribution in [0, 0.1) is 5.82 Å². The number of rotatable bonds is 5. The SMILES string of the molecule is CN(C)CCN(C)c1cc(F)ccc1NI. The Balaban J connectivity index is 2.80. The molecule has 1 aromatic carbocycles. The minimum atomic E-state index is -0.206. The van der Waals surface area contributed by atoms with Crippen LogP contribution in [0.5, 0.6) is 0 Å². The Kier molecular flexibility index (Phi) is 5.27. The Labute approximate surface area is 110 Å². The van der Waals surface area contributed by atoms with E-state index < -0.39 is 0 Å². The molecule has 0 aliphatic carbocycles. The van der Waals surface area contributed by atoms with Crippen molar-refractivity contribution < 1.29 is 4.39 Å². The van der Waals surface area contributed by atoms with Gasteiger partial charge in [-0.05, 0) is 32.3 Å². The van der Waals surface area contributed by atoms with Crippen molar-refractivity contribution in [1.29, 1.82) is 0 Å². The van der Waals surface area contributed by atoms with Gasteiger partial charge in [-0.25, -0.2) is 4.39 Å². The van der Waals surface area contributed by atoms with Crippen molar-refractivity contribution in [2.75, 3.05) is 42.7 Å². The van der Waals surface area contributed by atoms with Crippen molar-refractivity contribution in [2.24, 2.45) is 0 Å². The Hall–Kier alpha value is -0.560. The molecule has 1 rings (SSSR count). The molecule has 3 nitrogen and oxygen atoms in total. The highest BCUT2D eigenvalue weighted by Crippen LogP contribution is 2.26. The Morgan fingerprint density at radius 2 is 1.94 bits per heavy atom. The molecule has 0 saturated carbocycles. The normalized spacial score (nSPS) is 10.6. The maximum atomic E-state index is 13.2. The summed E-state index contributed by atoms with van der Waals surface area (Å²) in [6.45, 7) is 1.80. The highest BCUT2D eigenvalue weighted by Gasteiger charge is 2.08. The van der Waals surface area contributed by atoms with Crippen molar-refractivity contribution in [3.63, 3.8) is 0 Å². The van der Waals surface area contributed by atoms with Crippen molar-refractivity contribution >= 4 is 34.2 Å². The molecule has 0 bridgehead atoms. The minimum Gasteiger partial charge on any atom is -0.372 e. The summed E-state index contributed by atoms with van der Waals surface area (Å²) in [6, 6.07) is 4.77. The second kappa shape index (κ2) is 6.24. The first-order valence-electron chi connectivity index (χ1n) is 5.06. The molecular formula is C11H17FIN3. The standard InChI is InChI=1S/C11H17FIN3/c1-15(2)6-7-16(3)11-8-9(12)4-5-10(11)14-13/h4-5,8,14H,6-7H2,1-3H3. The van der Waals surface area contributed by atoms with Gasteiger partial charge in [-0.3, -0.25) is 0 Å². The molecule has 0 atom stereocenters. The van der Waals surface area contributed by atoms with Crippen molar-refractivity contribution in [1.82, 2.24) is 4.90 Å². The quantitative estimate of drug-likeness (QED) is 0.658. The summed E-state index contributed by atoms with van der Waals surface area (Å²) in [7, 11) is 6.02. The summed E-state index contributed by atoms with van der Waals surface area (Å²) >= 11 is 2.06. The molecule has 0 heterocycles. The molecule has 0 radical (unpaired) electrons. The van der Waals surface area contributed by atoms with Gasteiger partial charge in [-0.2, -0.15) is 0 Å². The molecule has 90 valence electrons. The molecule has 0 amide bonds. The fourth-order valence-corrected chi connectivity index (χ4v) is 1.83. The Morgan fingerprint density at radius 1 is 1.25 bits per heavy atom. The number of likely N-dealkylation sites (N-methyl/N-ethyl adjacent to an activating group) is 2. The summed E-state index contributed by atoms with van der Waals surface area (Å²) < 4.78 is 16.2. The lowest BCUT2D eigenvalue weighted by molar-refractivity contribution is 0.416. The second-order valence-corrected chi connectivity index (χ2v) is 4.52. The van der Waals surface area contributed by atoms with E-state index in [0.717, 1.165) is 24.5 Å². The van der Waals surface area contributed by atoms with Gasteiger partial charge < -0.3 is 13.3 Å². The third-order valence-electron chi connectivity index (χ3n) is 2.36. The molecule has 0 aliphatic heterocycles. The summed E-state index contributed by atoms with van der Waals surface area (Å²) in [5.74, 6) is -0.206. The molecule has 0 saturated heterocycles. The van der Waals surface area contributed by atoms with Gasteiger partial charge in [0, 0.05) is 20.1 Å². The summed E-state index contributed by atoms with van der Waals surface area (Å²) in [5, 5.41) is 0. The van der Waals surface area contributed by atoms with E-state index in [2.05, 4.69) is 31.3 Å². The van der Waals surface area contributed by atoms with Gasteiger partial charge in [-0.15, -0.1) is 0 Å². The van der Waals surface area contributed by atoms with Crippen molar-refractivity contribution in [2.45, 2.75) is 0 Å². The van der Waals surface area contributed by atoms with Crippen LogP contribution in [0.2, 0.25) is 0 Å². The van der Waals surface area contributed by atoms with Crippen molar-refractivity contribution in [3.05, 3.63) is 24.0 Å². The van der Waals surface area contributed by atoms with E-state index in [1.807, 2.05) is 26.0 Å². The van der Waals surface area contributed by atoms with Gasteiger partial charge in [0.15, 0.2) is 0 Å². The lowest BCUT2D eigenvalue weighted by Crippen LogP contribution is -2.28. The van der Waals surface area contributed by atoms with Gasteiger partial charge in [0.25, 0.3) is 0 Å². The van der Waals surface area contributed by atoms with Crippen LogP contribution in [0.1, 0.15) is 0 Å². The first-order valence-corrected chi connectivity index (χ1v) is 6.14. The zero-order chi connectivity index (χ0) is 12.1. The molecule has 0 unspecified atom stereocenters. The average Bonchev–Trinajstić information content (AvgIpc) is 2.25. The van der Waals surface area contributed by atoms with E-state index in [1.54, 1.807) is 12.1 Å². The maximum Gasteiger partial charge on any atom is 0.125 e. The lowest BCUT2D eigenvalue weighted by atomic mass is 10.2. The zero-order valence-electron chi connectivity index (χ0n) is 9.80. The van der Waals surface area contributed by atoms with Gasteiger partial charge in [0.05, 0.1) is 34.2 Å². The van der Waals surface area contributed by atoms with E-state index in [4.69, 9.17) is 0 Å². The fourth-order valence-electron chi connectivity index (χ4n) is 1.37. The first kappa shape index (κ1) is 13.5. The zero-order valence-corrected chi connectivity index (χ0v) is 12.0. The van der Waals surface area contributed by atoms with Gasteiger partial charge in [0.2, 0.25) is 0 Å². The van der Waals surface area contributed by atoms with Crippen LogP contribution in [-0.4, -0.2) is 39.1 Å². The van der Waals surface area contributed by atoms with Gasteiger partial charge >= 0.3 is 0 Å². The van der Waals surface area contributed by atoms with Gasteiger partial charge in [-0.1, -0.05) is 0 Å². The van der Waals surface area contributed by atoms with E-state index in [0.29, 0.717) is 0 Å². The summed E-state index contributed by atoms with van der Waals surface area (Å²) in [5.41, 5.74) is 1.82. The molecule has 0 fully saturated rings. The van der Waals surface area contributed by atoms with E-state index in [1.165, 1.54) is 6.07 Å². The number of halogens is 2. The number of hydrogen-bond donors (Lipinski definition) is 1. The molecule has 1 N–H and O–H groups in total. The maximum absolute atomic E-state index is 13.2. The average molecular weight is 337 g/mol. The lowest BCUT2D eigenvalue weighted by Gasteiger charge is -2.23. The molecule has 0 spiro atoms. The van der Waals surface area contributed by atoms with E-state index in [-0.39, 0.29) is 5.82 Å². The topological polar surface area (TPSA) is 18.5 Å². The highest BCUT2D eigenvalue weighted by molar-refractivity contribution is 14.1. The third-order valence-corrected chi connectivity index (χ3v) is 2.94. The van der Waals surface area contributed by atoms with Crippen LogP contribution < -0.4 is 8.43 Å². The van der Waals surface area contributed by atoms with Crippen LogP contribution >= 0.6 is 22.9 Å². The number of nitrogens with zero attached hydrogens (tertiary/aromatic N) is 2. The van der Waals surface area contributed by atoms with Crippen LogP contribution in [-0.2, 0) is 0 Å². The predicted molar refractivity (Wildman–Crippen MR) is 75.9 cm³/mol. The Bertz CT molecular complexity index is 344. The predicted octanol–water partition coefficient (Wildman–Crippen LogP) is 2.59. The monoisotopic (exact) mass is 337 g/mol. The fraction of sp³-hybridized carbons (Fsp3) is 0.455. The number of benzene rings is 1. The number of hydrogen-bond acceptors (Lipinski definition) is 3. The molecule has 16 heavy (non-hydrogen) atoms. The molecule has 5 heteroatoms. The van der Waals surface area contributed by atoms with Crippen LogP contribution in [0.25, 0.3) is 0 Å². The summed E-state index contributed by atoms with van der Waals surface area (Å²) in [4.78, 5) is 4.15.